The molecule has 4 heteroatoms. The first kappa shape index (κ1) is 19.4. The third-order valence-electron chi connectivity index (χ3n) is 5.35. The van der Waals surface area contributed by atoms with Crippen LogP contribution in [0.5, 0.6) is 0 Å². The van der Waals surface area contributed by atoms with Crippen molar-refractivity contribution in [2.45, 2.75) is 52.1 Å². The van der Waals surface area contributed by atoms with Crippen molar-refractivity contribution in [1.29, 1.82) is 0 Å². The Labute approximate surface area is 158 Å². The predicted molar refractivity (Wildman–Crippen MR) is 105 cm³/mol. The zero-order valence-corrected chi connectivity index (χ0v) is 16.1. The maximum absolute atomic E-state index is 12.9. The van der Waals surface area contributed by atoms with Gasteiger partial charge in [-0.2, -0.15) is 13.2 Å². The van der Waals surface area contributed by atoms with E-state index in [2.05, 4.69) is 0 Å². The molecule has 0 saturated carbocycles. The maximum atomic E-state index is 12.9. The van der Waals surface area contributed by atoms with Crippen molar-refractivity contribution in [1.82, 2.24) is 4.98 Å². The monoisotopic (exact) mass is 371 g/mol. The van der Waals surface area contributed by atoms with E-state index in [4.69, 9.17) is 4.98 Å². The van der Waals surface area contributed by atoms with Crippen LogP contribution in [-0.4, -0.2) is 11.2 Å². The Bertz CT molecular complexity index is 971. The number of hydrogen-bond acceptors (Lipinski definition) is 1. The quantitative estimate of drug-likeness (QED) is 0.475. The number of para-hydroxylation sites is 1. The zero-order chi connectivity index (χ0) is 19.8. The Hall–Kier alpha value is -2.36. The number of rotatable bonds is 4. The van der Waals surface area contributed by atoms with Crippen molar-refractivity contribution in [3.8, 4) is 11.3 Å². The molecule has 0 bridgehead atoms. The fraction of sp³-hybridized carbons (Fsp3) is 0.348. The van der Waals surface area contributed by atoms with Crippen LogP contribution in [0.15, 0.2) is 48.5 Å². The van der Waals surface area contributed by atoms with Crippen LogP contribution < -0.4 is 0 Å². The van der Waals surface area contributed by atoms with Crippen molar-refractivity contribution >= 4 is 10.9 Å². The van der Waals surface area contributed by atoms with Crippen molar-refractivity contribution in [2.24, 2.45) is 0 Å². The molecule has 2 aromatic carbocycles. The van der Waals surface area contributed by atoms with E-state index in [1.807, 2.05) is 76.2 Å². The fourth-order valence-electron chi connectivity index (χ4n) is 3.43. The molecule has 0 aliphatic carbocycles. The molecule has 0 radical (unpaired) electrons. The van der Waals surface area contributed by atoms with Crippen LogP contribution in [0.4, 0.5) is 13.2 Å². The van der Waals surface area contributed by atoms with Crippen LogP contribution >= 0.6 is 0 Å². The van der Waals surface area contributed by atoms with E-state index in [-0.39, 0.29) is 6.42 Å². The standard InChI is InChI=1S/C23H24F3N/c1-15-8-7-10-18(16(15)2)21-19(22(3,4)12-13-23(24,25)26)14-17-9-5-6-11-20(17)27-21/h5-11,14H,12-13H2,1-4H3. The first-order valence-corrected chi connectivity index (χ1v) is 9.12. The van der Waals surface area contributed by atoms with Crippen LogP contribution in [-0.2, 0) is 5.41 Å². The largest absolute Gasteiger partial charge is 0.389 e. The summed E-state index contributed by atoms with van der Waals surface area (Å²) in [7, 11) is 0. The molecule has 1 aromatic heterocycles. The Morgan fingerprint density at radius 2 is 1.59 bits per heavy atom. The lowest BCUT2D eigenvalue weighted by molar-refractivity contribution is -0.138. The molecule has 0 fully saturated rings. The Balaban J connectivity index is 2.22. The van der Waals surface area contributed by atoms with Crippen LogP contribution in [0.3, 0.4) is 0 Å². The van der Waals surface area contributed by atoms with Gasteiger partial charge in [0.25, 0.3) is 0 Å². The highest BCUT2D eigenvalue weighted by atomic mass is 19.4. The van der Waals surface area contributed by atoms with E-state index in [1.54, 1.807) is 0 Å². The Morgan fingerprint density at radius 1 is 0.889 bits per heavy atom. The fourth-order valence-corrected chi connectivity index (χ4v) is 3.43. The lowest BCUT2D eigenvalue weighted by atomic mass is 9.77. The van der Waals surface area contributed by atoms with Crippen molar-refractivity contribution in [3.63, 3.8) is 0 Å². The number of aromatic nitrogens is 1. The highest BCUT2D eigenvalue weighted by Gasteiger charge is 2.33. The van der Waals surface area contributed by atoms with Gasteiger partial charge in [-0.25, -0.2) is 4.98 Å². The molecule has 0 aliphatic rings. The van der Waals surface area contributed by atoms with E-state index in [0.717, 1.165) is 38.9 Å². The highest BCUT2D eigenvalue weighted by Crippen LogP contribution is 2.40. The first-order valence-electron chi connectivity index (χ1n) is 9.12. The second-order valence-corrected chi connectivity index (χ2v) is 7.82. The van der Waals surface area contributed by atoms with Gasteiger partial charge in [0.2, 0.25) is 0 Å². The topological polar surface area (TPSA) is 12.9 Å². The summed E-state index contributed by atoms with van der Waals surface area (Å²) in [5.41, 5.74) is 5.06. The van der Waals surface area contributed by atoms with Crippen LogP contribution in [0.1, 0.15) is 43.4 Å². The minimum atomic E-state index is -4.17. The second-order valence-electron chi connectivity index (χ2n) is 7.82. The van der Waals surface area contributed by atoms with Crippen LogP contribution in [0.25, 0.3) is 22.2 Å². The normalized spacial score (nSPS) is 12.6. The number of fused-ring (bicyclic) bond motifs is 1. The molecule has 0 spiro atoms. The minimum Gasteiger partial charge on any atom is -0.247 e. The SMILES string of the molecule is Cc1cccc(-c2nc3ccccc3cc2C(C)(C)CCC(F)(F)F)c1C. The second kappa shape index (κ2) is 6.99. The minimum absolute atomic E-state index is 0.0222. The molecule has 0 N–H and O–H groups in total. The van der Waals surface area contributed by atoms with Gasteiger partial charge in [-0.3, -0.25) is 0 Å². The highest BCUT2D eigenvalue weighted by molar-refractivity contribution is 5.84. The smallest absolute Gasteiger partial charge is 0.247 e. The summed E-state index contributed by atoms with van der Waals surface area (Å²) in [4.78, 5) is 4.88. The van der Waals surface area contributed by atoms with Crippen molar-refractivity contribution in [3.05, 3.63) is 65.2 Å². The number of benzene rings is 2. The first-order chi connectivity index (χ1) is 12.6. The van der Waals surface area contributed by atoms with Crippen molar-refractivity contribution < 1.29 is 13.2 Å². The summed E-state index contributed by atoms with van der Waals surface area (Å²) in [5.74, 6) is 0. The Kier molecular flexibility index (Phi) is 5.02. The van der Waals surface area contributed by atoms with E-state index in [0.29, 0.717) is 0 Å². The van der Waals surface area contributed by atoms with Gasteiger partial charge in [0, 0.05) is 17.4 Å². The van der Waals surface area contributed by atoms with Gasteiger partial charge in [-0.05, 0) is 54.5 Å². The van der Waals surface area contributed by atoms with Crippen LogP contribution in [0, 0.1) is 13.8 Å². The Morgan fingerprint density at radius 3 is 2.30 bits per heavy atom. The van der Waals surface area contributed by atoms with E-state index in [9.17, 15) is 13.2 Å². The predicted octanol–water partition coefficient (Wildman–Crippen LogP) is 7.14. The average molecular weight is 371 g/mol. The van der Waals surface area contributed by atoms with Gasteiger partial charge in [0.05, 0.1) is 11.2 Å². The lowest BCUT2D eigenvalue weighted by Crippen LogP contribution is -2.22. The lowest BCUT2D eigenvalue weighted by Gasteiger charge is -2.29. The molecule has 27 heavy (non-hydrogen) atoms. The van der Waals surface area contributed by atoms with Gasteiger partial charge in [-0.15, -0.1) is 0 Å². The molecule has 0 unspecified atom stereocenters. The third kappa shape index (κ3) is 4.15. The molecule has 3 aromatic rings. The zero-order valence-electron chi connectivity index (χ0n) is 16.1. The molecule has 1 heterocycles. The number of aryl methyl sites for hydroxylation is 1. The molecule has 0 atom stereocenters. The summed E-state index contributed by atoms with van der Waals surface area (Å²) in [6, 6.07) is 15.8. The van der Waals surface area contributed by atoms with Gasteiger partial charge < -0.3 is 0 Å². The summed E-state index contributed by atoms with van der Waals surface area (Å²) in [6.45, 7) is 7.82. The van der Waals surface area contributed by atoms with Gasteiger partial charge >= 0.3 is 6.18 Å². The number of hydrogen-bond donors (Lipinski definition) is 0. The van der Waals surface area contributed by atoms with Crippen LogP contribution in [0.2, 0.25) is 0 Å². The maximum Gasteiger partial charge on any atom is 0.389 e. The number of halogens is 3. The molecule has 1 nitrogen and oxygen atoms in total. The molecular weight excluding hydrogens is 347 g/mol. The molecule has 142 valence electrons. The molecular formula is C23H24F3N. The summed E-state index contributed by atoms with van der Waals surface area (Å²) >= 11 is 0. The molecule has 0 aliphatic heterocycles. The number of alkyl halides is 3. The van der Waals surface area contributed by atoms with Gasteiger partial charge in [-0.1, -0.05) is 50.2 Å². The summed E-state index contributed by atoms with van der Waals surface area (Å²) in [6.07, 6.45) is -4.95. The number of pyridine rings is 1. The molecule has 0 saturated heterocycles. The van der Waals surface area contributed by atoms with Gasteiger partial charge in [0.1, 0.15) is 0 Å². The summed E-state index contributed by atoms with van der Waals surface area (Å²) in [5, 5.41) is 0.946. The summed E-state index contributed by atoms with van der Waals surface area (Å²) < 4.78 is 38.6. The number of nitrogens with zero attached hydrogens (tertiary/aromatic N) is 1. The van der Waals surface area contributed by atoms with E-state index in [1.165, 1.54) is 0 Å². The molecule has 0 amide bonds. The van der Waals surface area contributed by atoms with Crippen molar-refractivity contribution in [2.75, 3.05) is 0 Å². The van der Waals surface area contributed by atoms with E-state index < -0.39 is 18.0 Å². The van der Waals surface area contributed by atoms with Gasteiger partial charge in [0.15, 0.2) is 0 Å². The molecule has 3 rings (SSSR count). The van der Waals surface area contributed by atoms with E-state index >= 15 is 0 Å². The third-order valence-corrected chi connectivity index (χ3v) is 5.35. The average Bonchev–Trinajstić information content (AvgIpc) is 2.61.